The Morgan fingerprint density at radius 2 is 1.50 bits per heavy atom. The van der Waals surface area contributed by atoms with Gasteiger partial charge in [0.1, 0.15) is 0 Å². The maximum Gasteiger partial charge on any atom is 0.0622 e. The molecule has 3 rings (SSSR count). The van der Waals surface area contributed by atoms with Gasteiger partial charge in [-0.25, -0.2) is 0 Å². The summed E-state index contributed by atoms with van der Waals surface area (Å²) in [6.07, 6.45) is 5.28. The predicted octanol–water partition coefficient (Wildman–Crippen LogP) is 0.962. The molecule has 4 heteroatoms. The Hall–Kier alpha value is -0.160. The second-order valence-corrected chi connectivity index (χ2v) is 5.79. The lowest BCUT2D eigenvalue weighted by Gasteiger charge is -2.34. The third-order valence-electron chi connectivity index (χ3n) is 4.72. The molecule has 0 aromatic heterocycles. The first-order valence-corrected chi connectivity index (χ1v) is 7.57. The zero-order valence-corrected chi connectivity index (χ0v) is 11.4. The summed E-state index contributed by atoms with van der Waals surface area (Å²) in [5, 5.41) is 0. The molecule has 0 bridgehead atoms. The molecule has 3 aliphatic rings. The lowest BCUT2D eigenvalue weighted by molar-refractivity contribution is 0.0132. The number of likely N-dealkylation sites (tertiary alicyclic amines) is 1. The molecule has 0 unspecified atom stereocenters. The van der Waals surface area contributed by atoms with Crippen LogP contribution in [-0.2, 0) is 9.47 Å². The fraction of sp³-hybridized carbons (Fsp3) is 1.00. The highest BCUT2D eigenvalue weighted by Gasteiger charge is 2.28. The molecule has 0 saturated carbocycles. The molecule has 0 radical (unpaired) electrons. The highest BCUT2D eigenvalue weighted by atomic mass is 16.5. The van der Waals surface area contributed by atoms with E-state index >= 15 is 0 Å². The highest BCUT2D eigenvalue weighted by Crippen LogP contribution is 2.21. The second kappa shape index (κ2) is 6.33. The van der Waals surface area contributed by atoms with E-state index < -0.39 is 0 Å². The molecule has 0 amide bonds. The van der Waals surface area contributed by atoms with E-state index in [1.165, 1.54) is 38.8 Å². The Labute approximate surface area is 110 Å². The van der Waals surface area contributed by atoms with Crippen LogP contribution in [0.2, 0.25) is 0 Å². The smallest absolute Gasteiger partial charge is 0.0622 e. The number of hydrogen-bond acceptors (Lipinski definition) is 4. The molecular formula is C14H26N2O2. The molecule has 2 atom stereocenters. The number of rotatable bonds is 2. The fourth-order valence-electron chi connectivity index (χ4n) is 3.58. The minimum Gasteiger partial charge on any atom is -0.380 e. The van der Waals surface area contributed by atoms with Crippen LogP contribution in [0, 0.1) is 0 Å². The molecule has 3 aliphatic heterocycles. The van der Waals surface area contributed by atoms with Crippen LogP contribution in [0.3, 0.4) is 0 Å². The van der Waals surface area contributed by atoms with Crippen molar-refractivity contribution in [3.8, 4) is 0 Å². The summed E-state index contributed by atoms with van der Waals surface area (Å²) < 4.78 is 11.0. The maximum atomic E-state index is 5.53. The van der Waals surface area contributed by atoms with E-state index in [4.69, 9.17) is 9.47 Å². The van der Waals surface area contributed by atoms with E-state index in [1.54, 1.807) is 0 Å². The van der Waals surface area contributed by atoms with Gasteiger partial charge < -0.3 is 9.47 Å². The van der Waals surface area contributed by atoms with Crippen molar-refractivity contribution in [2.75, 3.05) is 52.6 Å². The third kappa shape index (κ3) is 3.05. The van der Waals surface area contributed by atoms with Crippen LogP contribution in [0.15, 0.2) is 0 Å². The Balaban J connectivity index is 1.51. The van der Waals surface area contributed by atoms with Crippen LogP contribution in [0.1, 0.15) is 25.7 Å². The molecule has 3 fully saturated rings. The van der Waals surface area contributed by atoms with Gasteiger partial charge in [0.2, 0.25) is 0 Å². The van der Waals surface area contributed by atoms with Crippen molar-refractivity contribution in [1.29, 1.82) is 0 Å². The minimum absolute atomic E-state index is 0.702. The van der Waals surface area contributed by atoms with Gasteiger partial charge in [0.25, 0.3) is 0 Å². The lowest BCUT2D eigenvalue weighted by Crippen LogP contribution is -2.44. The summed E-state index contributed by atoms with van der Waals surface area (Å²) in [5.74, 6) is 0. The molecule has 3 heterocycles. The SMILES string of the molecule is C1C[C@@H](N2CCOCC2)CCN([C@H]2CCOC2)C1. The van der Waals surface area contributed by atoms with Gasteiger partial charge in [-0.2, -0.15) is 0 Å². The van der Waals surface area contributed by atoms with E-state index in [0.717, 1.165) is 45.6 Å². The van der Waals surface area contributed by atoms with Crippen LogP contribution in [0.25, 0.3) is 0 Å². The van der Waals surface area contributed by atoms with E-state index in [-0.39, 0.29) is 0 Å². The summed E-state index contributed by atoms with van der Waals surface area (Å²) in [6.45, 7) is 8.59. The molecular weight excluding hydrogens is 228 g/mol. The van der Waals surface area contributed by atoms with Crippen LogP contribution in [-0.4, -0.2) is 74.5 Å². The summed E-state index contributed by atoms with van der Waals surface area (Å²) >= 11 is 0. The average molecular weight is 254 g/mol. The highest BCUT2D eigenvalue weighted by molar-refractivity contribution is 4.83. The largest absolute Gasteiger partial charge is 0.380 e. The summed E-state index contributed by atoms with van der Waals surface area (Å²) in [6, 6.07) is 1.50. The average Bonchev–Trinajstić information content (AvgIpc) is 2.84. The third-order valence-corrected chi connectivity index (χ3v) is 4.72. The molecule has 0 aromatic rings. The Kier molecular flexibility index (Phi) is 4.52. The summed E-state index contributed by atoms with van der Waals surface area (Å²) in [7, 11) is 0. The van der Waals surface area contributed by atoms with Gasteiger partial charge in [-0.1, -0.05) is 0 Å². The second-order valence-electron chi connectivity index (χ2n) is 5.79. The van der Waals surface area contributed by atoms with Crippen molar-refractivity contribution < 1.29 is 9.47 Å². The first-order valence-electron chi connectivity index (χ1n) is 7.57. The number of nitrogens with zero attached hydrogens (tertiary/aromatic N) is 2. The Morgan fingerprint density at radius 1 is 0.667 bits per heavy atom. The van der Waals surface area contributed by atoms with Crippen LogP contribution in [0.4, 0.5) is 0 Å². The monoisotopic (exact) mass is 254 g/mol. The zero-order valence-electron chi connectivity index (χ0n) is 11.4. The summed E-state index contributed by atoms with van der Waals surface area (Å²) in [4.78, 5) is 5.32. The van der Waals surface area contributed by atoms with E-state index in [1.807, 2.05) is 0 Å². The predicted molar refractivity (Wildman–Crippen MR) is 70.8 cm³/mol. The number of hydrogen-bond donors (Lipinski definition) is 0. The first-order chi connectivity index (χ1) is 8.93. The van der Waals surface area contributed by atoms with Crippen molar-refractivity contribution in [1.82, 2.24) is 9.80 Å². The van der Waals surface area contributed by atoms with Crippen molar-refractivity contribution in [2.24, 2.45) is 0 Å². The van der Waals surface area contributed by atoms with Crippen molar-refractivity contribution in [3.63, 3.8) is 0 Å². The zero-order chi connectivity index (χ0) is 12.2. The van der Waals surface area contributed by atoms with Gasteiger partial charge in [-0.05, 0) is 32.2 Å². The Morgan fingerprint density at radius 3 is 2.28 bits per heavy atom. The summed E-state index contributed by atoms with van der Waals surface area (Å²) in [5.41, 5.74) is 0. The normalized spacial score (nSPS) is 36.7. The molecule has 0 aliphatic carbocycles. The van der Waals surface area contributed by atoms with Crippen LogP contribution in [0.5, 0.6) is 0 Å². The quantitative estimate of drug-likeness (QED) is 0.733. The standard InChI is InChI=1S/C14H26N2O2/c1-2-13(16-7-10-17-11-8-16)3-6-15(5-1)14-4-9-18-12-14/h13-14H,1-12H2/t13-,14+/m1/s1. The van der Waals surface area contributed by atoms with Crippen molar-refractivity contribution in [3.05, 3.63) is 0 Å². The van der Waals surface area contributed by atoms with Gasteiger partial charge in [0.05, 0.1) is 19.8 Å². The Bertz CT molecular complexity index is 250. The van der Waals surface area contributed by atoms with Gasteiger partial charge in [-0.3, -0.25) is 9.80 Å². The van der Waals surface area contributed by atoms with E-state index in [9.17, 15) is 0 Å². The van der Waals surface area contributed by atoms with Crippen molar-refractivity contribution in [2.45, 2.75) is 37.8 Å². The van der Waals surface area contributed by atoms with Gasteiger partial charge in [-0.15, -0.1) is 0 Å². The number of morpholine rings is 1. The first kappa shape index (κ1) is 12.9. The lowest BCUT2D eigenvalue weighted by atomic mass is 10.1. The fourth-order valence-corrected chi connectivity index (χ4v) is 3.58. The number of ether oxygens (including phenoxy) is 2. The molecule has 104 valence electrons. The molecule has 3 saturated heterocycles. The van der Waals surface area contributed by atoms with Gasteiger partial charge in [0, 0.05) is 38.3 Å². The van der Waals surface area contributed by atoms with Crippen LogP contribution < -0.4 is 0 Å². The van der Waals surface area contributed by atoms with Crippen LogP contribution >= 0.6 is 0 Å². The van der Waals surface area contributed by atoms with Gasteiger partial charge >= 0.3 is 0 Å². The molecule has 0 aromatic carbocycles. The molecule has 4 nitrogen and oxygen atoms in total. The van der Waals surface area contributed by atoms with Gasteiger partial charge in [0.15, 0.2) is 0 Å². The maximum absolute atomic E-state index is 5.53. The molecule has 18 heavy (non-hydrogen) atoms. The van der Waals surface area contributed by atoms with Crippen molar-refractivity contribution >= 4 is 0 Å². The van der Waals surface area contributed by atoms with E-state index in [0.29, 0.717) is 6.04 Å². The molecule has 0 N–H and O–H groups in total. The van der Waals surface area contributed by atoms with E-state index in [2.05, 4.69) is 9.80 Å². The topological polar surface area (TPSA) is 24.9 Å². The molecule has 0 spiro atoms. The minimum atomic E-state index is 0.702.